The van der Waals surface area contributed by atoms with E-state index in [9.17, 15) is 0 Å². The molecule has 0 saturated carbocycles. The smallest absolute Gasteiger partial charge is 0.168 e. The van der Waals surface area contributed by atoms with Gasteiger partial charge in [-0.25, -0.2) is 0 Å². The van der Waals surface area contributed by atoms with E-state index in [1.165, 1.54) is 62.5 Å². The van der Waals surface area contributed by atoms with Gasteiger partial charge in [-0.15, -0.1) is 0 Å². The number of unbranched alkanes of at least 4 members (excludes halogenated alkanes) is 10. The van der Waals surface area contributed by atoms with Crippen LogP contribution >= 0.6 is 0 Å². The molecule has 2 aromatic rings. The predicted octanol–water partition coefficient (Wildman–Crippen LogP) is 7.88. The first-order valence-electron chi connectivity index (χ1n) is 17.0. The van der Waals surface area contributed by atoms with Gasteiger partial charge in [0.25, 0.3) is 0 Å². The Balaban J connectivity index is 1.25. The number of ether oxygens (including phenoxy) is 4. The third-order valence-corrected chi connectivity index (χ3v) is 8.35. The molecular formula is C37H60N2O4. The van der Waals surface area contributed by atoms with Gasteiger partial charge in [-0.2, -0.15) is 0 Å². The number of likely N-dealkylation sites (N-methyl/N-ethyl adjacent to an activating group) is 1. The topological polar surface area (TPSA) is 66.2 Å². The van der Waals surface area contributed by atoms with Crippen LogP contribution in [0.15, 0.2) is 60.7 Å². The van der Waals surface area contributed by atoms with Crippen molar-refractivity contribution in [3.8, 4) is 0 Å². The van der Waals surface area contributed by atoms with E-state index in [-0.39, 0.29) is 12.1 Å². The van der Waals surface area contributed by atoms with E-state index in [0.717, 1.165) is 58.3 Å². The SMILES string of the molecule is CN(C)CC(N)C1COC(CCCCCCCCOCc2ccccc2)(CCCCCCCCOCc2ccccc2)O1. The Hall–Kier alpha value is -1.80. The van der Waals surface area contributed by atoms with Crippen LogP contribution in [0.3, 0.4) is 0 Å². The van der Waals surface area contributed by atoms with Gasteiger partial charge < -0.3 is 29.6 Å². The van der Waals surface area contributed by atoms with Crippen LogP contribution in [0.1, 0.15) is 101 Å². The Morgan fingerprint density at radius 2 is 1.14 bits per heavy atom. The number of nitrogens with zero attached hydrogens (tertiary/aromatic N) is 1. The summed E-state index contributed by atoms with van der Waals surface area (Å²) in [6.45, 7) is 4.54. The molecule has 1 aliphatic heterocycles. The Kier molecular flexibility index (Phi) is 18.1. The quantitative estimate of drug-likeness (QED) is 0.118. The average Bonchev–Trinajstić information content (AvgIpc) is 3.44. The molecule has 2 N–H and O–H groups in total. The van der Waals surface area contributed by atoms with Crippen LogP contribution in [0.5, 0.6) is 0 Å². The molecule has 1 aliphatic rings. The summed E-state index contributed by atoms with van der Waals surface area (Å²) in [4.78, 5) is 2.13. The third kappa shape index (κ3) is 15.7. The lowest BCUT2D eigenvalue weighted by Gasteiger charge is -2.30. The van der Waals surface area contributed by atoms with Gasteiger partial charge in [-0.3, -0.25) is 0 Å². The van der Waals surface area contributed by atoms with E-state index in [4.69, 9.17) is 24.7 Å². The fraction of sp³-hybridized carbons (Fsp3) is 0.676. The number of hydrogen-bond acceptors (Lipinski definition) is 6. The van der Waals surface area contributed by atoms with Gasteiger partial charge in [0.15, 0.2) is 5.79 Å². The number of hydrogen-bond donors (Lipinski definition) is 1. The van der Waals surface area contributed by atoms with E-state index in [0.29, 0.717) is 19.8 Å². The Bertz CT molecular complexity index is 867. The fourth-order valence-electron chi connectivity index (χ4n) is 5.85. The van der Waals surface area contributed by atoms with Crippen LogP contribution in [-0.4, -0.2) is 63.3 Å². The normalized spacial score (nSPS) is 17.1. The van der Waals surface area contributed by atoms with Crippen molar-refractivity contribution in [3.63, 3.8) is 0 Å². The lowest BCUT2D eigenvalue weighted by atomic mass is 9.99. The summed E-state index contributed by atoms with van der Waals surface area (Å²) in [5.74, 6) is -0.453. The molecule has 2 aromatic carbocycles. The molecular weight excluding hydrogens is 536 g/mol. The zero-order chi connectivity index (χ0) is 30.4. The zero-order valence-corrected chi connectivity index (χ0v) is 27.2. The minimum absolute atomic E-state index is 0.0193. The molecule has 3 rings (SSSR count). The second-order valence-corrected chi connectivity index (χ2v) is 12.6. The second-order valence-electron chi connectivity index (χ2n) is 12.6. The first-order valence-corrected chi connectivity index (χ1v) is 17.0. The molecule has 1 heterocycles. The first-order chi connectivity index (χ1) is 21.1. The van der Waals surface area contributed by atoms with E-state index in [2.05, 4.69) is 67.5 Å². The van der Waals surface area contributed by atoms with Crippen LogP contribution < -0.4 is 5.73 Å². The van der Waals surface area contributed by atoms with Gasteiger partial charge in [0.2, 0.25) is 0 Å². The molecule has 0 bridgehead atoms. The maximum Gasteiger partial charge on any atom is 0.168 e. The van der Waals surface area contributed by atoms with Crippen molar-refractivity contribution in [2.24, 2.45) is 5.73 Å². The van der Waals surface area contributed by atoms with Gasteiger partial charge >= 0.3 is 0 Å². The summed E-state index contributed by atoms with van der Waals surface area (Å²) < 4.78 is 24.7. The van der Waals surface area contributed by atoms with E-state index in [1.807, 2.05) is 12.1 Å². The van der Waals surface area contributed by atoms with Gasteiger partial charge in [0.1, 0.15) is 6.10 Å². The largest absolute Gasteiger partial charge is 0.377 e. The molecule has 6 nitrogen and oxygen atoms in total. The summed E-state index contributed by atoms with van der Waals surface area (Å²) in [5.41, 5.74) is 8.98. The molecule has 2 unspecified atom stereocenters. The summed E-state index contributed by atoms with van der Waals surface area (Å²) in [5, 5.41) is 0. The van der Waals surface area contributed by atoms with E-state index < -0.39 is 5.79 Å². The first kappa shape index (κ1) is 35.7. The summed E-state index contributed by atoms with van der Waals surface area (Å²) >= 11 is 0. The number of benzene rings is 2. The molecule has 242 valence electrons. The predicted molar refractivity (Wildman–Crippen MR) is 177 cm³/mol. The van der Waals surface area contributed by atoms with Crippen molar-refractivity contribution in [2.75, 3.05) is 40.5 Å². The molecule has 43 heavy (non-hydrogen) atoms. The maximum absolute atomic E-state index is 6.62. The van der Waals surface area contributed by atoms with Crippen molar-refractivity contribution in [1.29, 1.82) is 0 Å². The molecule has 6 heteroatoms. The van der Waals surface area contributed by atoms with Crippen LogP contribution in [0.2, 0.25) is 0 Å². The highest BCUT2D eigenvalue weighted by Crippen LogP contribution is 2.35. The van der Waals surface area contributed by atoms with Crippen molar-refractivity contribution in [1.82, 2.24) is 4.90 Å². The molecule has 0 radical (unpaired) electrons. The van der Waals surface area contributed by atoms with Crippen molar-refractivity contribution < 1.29 is 18.9 Å². The zero-order valence-electron chi connectivity index (χ0n) is 27.2. The van der Waals surface area contributed by atoms with Gasteiger partial charge in [-0.05, 0) is 50.9 Å². The van der Waals surface area contributed by atoms with E-state index in [1.54, 1.807) is 0 Å². The Morgan fingerprint density at radius 1 is 0.698 bits per heavy atom. The fourth-order valence-corrected chi connectivity index (χ4v) is 5.85. The molecule has 2 atom stereocenters. The van der Waals surface area contributed by atoms with E-state index >= 15 is 0 Å². The molecule has 0 aliphatic carbocycles. The van der Waals surface area contributed by atoms with Crippen LogP contribution in [-0.2, 0) is 32.2 Å². The standard InChI is InChI=1S/C37H60N2O4/c1-39(2)29-35(38)36-32-42-37(43-36,25-17-7-3-5-9-19-27-40-30-33-21-13-11-14-22-33)26-18-8-4-6-10-20-28-41-31-34-23-15-12-16-24-34/h11-16,21-24,35-36H,3-10,17-20,25-32,38H2,1-2H3. The lowest BCUT2D eigenvalue weighted by Crippen LogP contribution is -2.45. The summed E-state index contributed by atoms with van der Waals surface area (Å²) in [6, 6.07) is 20.8. The molecule has 0 spiro atoms. The molecule has 0 amide bonds. The van der Waals surface area contributed by atoms with Gasteiger partial charge in [0, 0.05) is 38.6 Å². The maximum atomic E-state index is 6.62. The van der Waals surface area contributed by atoms with Crippen LogP contribution in [0.25, 0.3) is 0 Å². The minimum atomic E-state index is -0.453. The highest BCUT2D eigenvalue weighted by molar-refractivity contribution is 5.14. The van der Waals surface area contributed by atoms with Crippen molar-refractivity contribution in [2.45, 2.75) is 121 Å². The average molecular weight is 597 g/mol. The highest BCUT2D eigenvalue weighted by atomic mass is 16.7. The number of rotatable bonds is 25. The van der Waals surface area contributed by atoms with Crippen molar-refractivity contribution >= 4 is 0 Å². The summed E-state index contributed by atoms with van der Waals surface area (Å²) in [7, 11) is 4.13. The lowest BCUT2D eigenvalue weighted by molar-refractivity contribution is -0.181. The highest BCUT2D eigenvalue weighted by Gasteiger charge is 2.42. The molecule has 1 fully saturated rings. The Labute approximate surface area is 262 Å². The van der Waals surface area contributed by atoms with Gasteiger partial charge in [0.05, 0.1) is 19.8 Å². The second kappa shape index (κ2) is 21.8. The Morgan fingerprint density at radius 3 is 1.60 bits per heavy atom. The molecule has 0 aromatic heterocycles. The van der Waals surface area contributed by atoms with Crippen LogP contribution in [0, 0.1) is 0 Å². The van der Waals surface area contributed by atoms with Crippen LogP contribution in [0.4, 0.5) is 0 Å². The third-order valence-electron chi connectivity index (χ3n) is 8.35. The molecule has 1 saturated heterocycles. The van der Waals surface area contributed by atoms with Gasteiger partial charge in [-0.1, -0.05) is 112 Å². The summed E-state index contributed by atoms with van der Waals surface area (Å²) in [6.07, 6.45) is 16.4. The minimum Gasteiger partial charge on any atom is -0.377 e. The monoisotopic (exact) mass is 596 g/mol. The van der Waals surface area contributed by atoms with Crippen molar-refractivity contribution in [3.05, 3.63) is 71.8 Å². The number of nitrogens with two attached hydrogens (primary N) is 1.